The molecule has 0 aromatic heterocycles. The maximum Gasteiger partial charge on any atom is 0.183 e. The summed E-state index contributed by atoms with van der Waals surface area (Å²) in [7, 11) is -3.33. The second kappa shape index (κ2) is 6.16. The molecule has 0 radical (unpaired) electrons. The van der Waals surface area contributed by atoms with E-state index >= 15 is 0 Å². The zero-order chi connectivity index (χ0) is 16.4. The third-order valence-corrected chi connectivity index (χ3v) is 5.82. The number of benzene rings is 1. The van der Waals surface area contributed by atoms with E-state index in [0.29, 0.717) is 12.2 Å². The van der Waals surface area contributed by atoms with Crippen LogP contribution in [0.5, 0.6) is 0 Å². The Bertz CT molecular complexity index is 735. The van der Waals surface area contributed by atoms with Gasteiger partial charge in [0.15, 0.2) is 15.3 Å². The highest BCUT2D eigenvalue weighted by Gasteiger charge is 2.40. The van der Waals surface area contributed by atoms with E-state index in [4.69, 9.17) is 11.2 Å². The van der Waals surface area contributed by atoms with Crippen LogP contribution in [-0.2, 0) is 14.6 Å². The summed E-state index contributed by atoms with van der Waals surface area (Å²) in [6.07, 6.45) is 5.08. The molecule has 0 spiro atoms. The Morgan fingerprint density at radius 3 is 2.36 bits per heavy atom. The molecule has 1 aliphatic heterocycles. The van der Waals surface area contributed by atoms with Crippen LogP contribution in [0.15, 0.2) is 24.3 Å². The highest BCUT2D eigenvalue weighted by molar-refractivity contribution is 7.91. The molecule has 0 amide bonds. The van der Waals surface area contributed by atoms with E-state index in [9.17, 15) is 8.42 Å². The molecule has 1 aliphatic rings. The molecule has 1 fully saturated rings. The van der Waals surface area contributed by atoms with Crippen molar-refractivity contribution in [1.82, 2.24) is 0 Å². The predicted octanol–water partition coefficient (Wildman–Crippen LogP) is 2.78. The molecule has 1 saturated heterocycles. The van der Waals surface area contributed by atoms with Crippen LogP contribution in [0.2, 0.25) is 0 Å². The maximum atomic E-state index is 12.5. The normalized spacial score (nSPS) is 23.9. The van der Waals surface area contributed by atoms with Gasteiger partial charge < -0.3 is 4.74 Å². The number of hydrogen-bond acceptors (Lipinski definition) is 3. The lowest BCUT2D eigenvalue weighted by Gasteiger charge is -2.36. The summed E-state index contributed by atoms with van der Waals surface area (Å²) >= 11 is 0. The standard InChI is InChI=1S/C18H20O3S/c1-5-6-7-14-8-10-15(11-9-14)17-21-12-16(18(2,3)4)13-22(17,19)20/h1,8-11,16-17H,12-13H2,2-4H3/t16-,17-/m0/s1. The second-order valence-corrected chi connectivity index (χ2v) is 8.66. The van der Waals surface area contributed by atoms with Crippen molar-refractivity contribution in [1.29, 1.82) is 0 Å². The van der Waals surface area contributed by atoms with E-state index in [2.05, 4.69) is 17.8 Å². The summed E-state index contributed by atoms with van der Waals surface area (Å²) < 4.78 is 30.7. The molecule has 1 aromatic carbocycles. The summed E-state index contributed by atoms with van der Waals surface area (Å²) in [5.41, 5.74) is 0.411. The van der Waals surface area contributed by atoms with Crippen LogP contribution in [0.1, 0.15) is 37.3 Å². The quantitative estimate of drug-likeness (QED) is 0.748. The number of sulfone groups is 1. The summed E-state index contributed by atoms with van der Waals surface area (Å²) in [4.78, 5) is 0. The highest BCUT2D eigenvalue weighted by Crippen LogP contribution is 2.37. The molecular formula is C18H20O3S. The van der Waals surface area contributed by atoms with Crippen molar-refractivity contribution in [3.63, 3.8) is 0 Å². The summed E-state index contributed by atoms with van der Waals surface area (Å²) in [5.74, 6) is 7.73. The Labute approximate surface area is 133 Å². The van der Waals surface area contributed by atoms with E-state index in [0.717, 1.165) is 5.56 Å². The first-order chi connectivity index (χ1) is 10.2. The van der Waals surface area contributed by atoms with Gasteiger partial charge in [0.2, 0.25) is 0 Å². The fourth-order valence-corrected chi connectivity index (χ4v) is 4.55. The smallest absolute Gasteiger partial charge is 0.183 e. The number of ether oxygens (including phenoxy) is 1. The van der Waals surface area contributed by atoms with Crippen LogP contribution >= 0.6 is 0 Å². The maximum absolute atomic E-state index is 12.5. The first-order valence-corrected chi connectivity index (χ1v) is 8.85. The van der Waals surface area contributed by atoms with Crippen molar-refractivity contribution in [3.05, 3.63) is 35.4 Å². The van der Waals surface area contributed by atoms with Crippen LogP contribution in [-0.4, -0.2) is 20.8 Å². The van der Waals surface area contributed by atoms with Gasteiger partial charge in [0.1, 0.15) is 0 Å². The number of rotatable bonds is 1. The third-order valence-electron chi connectivity index (χ3n) is 3.90. The van der Waals surface area contributed by atoms with Crippen molar-refractivity contribution >= 4 is 9.84 Å². The van der Waals surface area contributed by atoms with Gasteiger partial charge in [-0.25, -0.2) is 8.42 Å². The van der Waals surface area contributed by atoms with E-state index in [-0.39, 0.29) is 17.1 Å². The Kier molecular flexibility index (Phi) is 4.66. The Morgan fingerprint density at radius 1 is 1.23 bits per heavy atom. The third kappa shape index (κ3) is 3.71. The number of terminal acetylenes is 1. The molecule has 1 aromatic rings. The average Bonchev–Trinajstić information content (AvgIpc) is 2.44. The van der Waals surface area contributed by atoms with Gasteiger partial charge in [-0.2, -0.15) is 0 Å². The molecule has 0 N–H and O–H groups in total. The van der Waals surface area contributed by atoms with Crippen molar-refractivity contribution in [3.8, 4) is 24.2 Å². The largest absolute Gasteiger partial charge is 0.357 e. The molecule has 22 heavy (non-hydrogen) atoms. The van der Waals surface area contributed by atoms with Crippen LogP contribution in [0, 0.1) is 35.5 Å². The molecule has 0 unspecified atom stereocenters. The van der Waals surface area contributed by atoms with Crippen molar-refractivity contribution in [2.45, 2.75) is 26.2 Å². The summed E-state index contributed by atoms with van der Waals surface area (Å²) in [6, 6.07) is 6.99. The van der Waals surface area contributed by atoms with Crippen LogP contribution in [0.3, 0.4) is 0 Å². The molecule has 0 bridgehead atoms. The van der Waals surface area contributed by atoms with Crippen LogP contribution < -0.4 is 0 Å². The van der Waals surface area contributed by atoms with Gasteiger partial charge >= 0.3 is 0 Å². The minimum atomic E-state index is -3.33. The molecule has 0 aliphatic carbocycles. The van der Waals surface area contributed by atoms with Gasteiger partial charge in [0.05, 0.1) is 12.4 Å². The Balaban J connectivity index is 2.22. The van der Waals surface area contributed by atoms with Gasteiger partial charge in [-0.1, -0.05) is 38.8 Å². The summed E-state index contributed by atoms with van der Waals surface area (Å²) in [5, 5.41) is 0. The fourth-order valence-electron chi connectivity index (χ4n) is 2.36. The molecule has 1 heterocycles. The minimum Gasteiger partial charge on any atom is -0.357 e. The molecule has 116 valence electrons. The first-order valence-electron chi connectivity index (χ1n) is 7.14. The van der Waals surface area contributed by atoms with Gasteiger partial charge in [-0.3, -0.25) is 0 Å². The molecular weight excluding hydrogens is 296 g/mol. The Hall–Kier alpha value is -1.75. The van der Waals surface area contributed by atoms with Gasteiger partial charge in [-0.15, -0.1) is 6.42 Å². The summed E-state index contributed by atoms with van der Waals surface area (Å²) in [6.45, 7) is 6.56. The lowest BCUT2D eigenvalue weighted by Crippen LogP contribution is -2.39. The van der Waals surface area contributed by atoms with E-state index in [1.165, 1.54) is 0 Å². The topological polar surface area (TPSA) is 43.4 Å². The van der Waals surface area contributed by atoms with Crippen molar-refractivity contribution < 1.29 is 13.2 Å². The Morgan fingerprint density at radius 2 is 1.86 bits per heavy atom. The van der Waals surface area contributed by atoms with Crippen LogP contribution in [0.4, 0.5) is 0 Å². The zero-order valence-corrected chi connectivity index (χ0v) is 13.9. The molecule has 2 atom stereocenters. The van der Waals surface area contributed by atoms with E-state index in [1.807, 2.05) is 20.8 Å². The van der Waals surface area contributed by atoms with Crippen LogP contribution in [0.25, 0.3) is 0 Å². The molecule has 2 rings (SSSR count). The molecule has 3 nitrogen and oxygen atoms in total. The molecule has 0 saturated carbocycles. The van der Waals surface area contributed by atoms with Gasteiger partial charge in [0.25, 0.3) is 0 Å². The second-order valence-electron chi connectivity index (χ2n) is 6.57. The highest BCUT2D eigenvalue weighted by atomic mass is 32.2. The fraction of sp³-hybridized carbons (Fsp3) is 0.444. The van der Waals surface area contributed by atoms with E-state index in [1.54, 1.807) is 24.3 Å². The monoisotopic (exact) mass is 316 g/mol. The lowest BCUT2D eigenvalue weighted by molar-refractivity contribution is 0.0311. The SMILES string of the molecule is C#CC#Cc1ccc([C@H]2OC[C@H](C(C)(C)C)CS2(=O)=O)cc1. The van der Waals surface area contributed by atoms with Crippen molar-refractivity contribution in [2.24, 2.45) is 11.3 Å². The average molecular weight is 316 g/mol. The predicted molar refractivity (Wildman–Crippen MR) is 87.6 cm³/mol. The van der Waals surface area contributed by atoms with Gasteiger partial charge in [0, 0.05) is 11.5 Å². The van der Waals surface area contributed by atoms with E-state index < -0.39 is 15.3 Å². The number of hydrogen-bond donors (Lipinski definition) is 0. The van der Waals surface area contributed by atoms with Gasteiger partial charge in [-0.05, 0) is 35.0 Å². The first kappa shape index (κ1) is 16.6. The minimum absolute atomic E-state index is 0.00881. The zero-order valence-electron chi connectivity index (χ0n) is 13.1. The van der Waals surface area contributed by atoms with Crippen molar-refractivity contribution in [2.75, 3.05) is 12.4 Å². The molecule has 4 heteroatoms. The lowest BCUT2D eigenvalue weighted by atomic mass is 9.82.